The number of benzene rings is 1. The van der Waals surface area contributed by atoms with Gasteiger partial charge in [-0.05, 0) is 45.2 Å². The zero-order valence-corrected chi connectivity index (χ0v) is 11.9. The van der Waals surface area contributed by atoms with E-state index in [9.17, 15) is 0 Å². The molecule has 4 nitrogen and oxygen atoms in total. The van der Waals surface area contributed by atoms with Gasteiger partial charge in [0, 0.05) is 23.2 Å². The Morgan fingerprint density at radius 2 is 1.68 bits per heavy atom. The molecular weight excluding hydrogens is 240 g/mol. The number of nitrogens with two attached hydrogens (primary N) is 2. The summed E-state index contributed by atoms with van der Waals surface area (Å²) >= 11 is 0. The van der Waals surface area contributed by atoms with Crippen LogP contribution in [-0.4, -0.2) is 25.3 Å². The largest absolute Gasteiger partial charge is 0.494 e. The lowest BCUT2D eigenvalue weighted by Gasteiger charge is -2.35. The van der Waals surface area contributed by atoms with Crippen molar-refractivity contribution in [3.63, 3.8) is 0 Å². The standard InChI is InChI=1S/C15H24N2O2/c1-3-18-13-5-6-14(19-4-2)12-9-15(17,10-16)8-7-11(12)13/h5-6H,3-4,7-10,16-17H2,1-2H3. The molecule has 4 heteroatoms. The Morgan fingerprint density at radius 1 is 1.11 bits per heavy atom. The summed E-state index contributed by atoms with van der Waals surface area (Å²) in [5, 5.41) is 0. The fraction of sp³-hybridized carbons (Fsp3) is 0.600. The lowest BCUT2D eigenvalue weighted by Crippen LogP contribution is -2.51. The van der Waals surface area contributed by atoms with Gasteiger partial charge in [0.2, 0.25) is 0 Å². The SMILES string of the molecule is CCOc1ccc(OCC)c2c1CCC(N)(CN)C2. The number of ether oxygens (including phenoxy) is 2. The van der Waals surface area contributed by atoms with E-state index in [-0.39, 0.29) is 5.54 Å². The molecule has 1 aliphatic rings. The molecule has 4 N–H and O–H groups in total. The first kappa shape index (κ1) is 14.2. The number of fused-ring (bicyclic) bond motifs is 1. The zero-order valence-electron chi connectivity index (χ0n) is 11.9. The smallest absolute Gasteiger partial charge is 0.123 e. The van der Waals surface area contributed by atoms with Crippen LogP contribution in [0.1, 0.15) is 31.4 Å². The van der Waals surface area contributed by atoms with Crippen LogP contribution in [0.15, 0.2) is 12.1 Å². The van der Waals surface area contributed by atoms with Crippen LogP contribution in [0.25, 0.3) is 0 Å². The van der Waals surface area contributed by atoms with Crippen molar-refractivity contribution in [2.45, 2.75) is 38.6 Å². The number of hydrogen-bond donors (Lipinski definition) is 2. The molecule has 0 aromatic heterocycles. The van der Waals surface area contributed by atoms with Crippen LogP contribution in [0.3, 0.4) is 0 Å². The molecule has 1 aliphatic carbocycles. The number of rotatable bonds is 5. The Balaban J connectivity index is 2.42. The molecule has 1 aromatic rings. The maximum atomic E-state index is 6.34. The van der Waals surface area contributed by atoms with Gasteiger partial charge < -0.3 is 20.9 Å². The van der Waals surface area contributed by atoms with Crippen molar-refractivity contribution in [2.24, 2.45) is 11.5 Å². The molecule has 0 aliphatic heterocycles. The van der Waals surface area contributed by atoms with Gasteiger partial charge in [-0.2, -0.15) is 0 Å². The highest BCUT2D eigenvalue weighted by Crippen LogP contribution is 2.38. The van der Waals surface area contributed by atoms with Crippen LogP contribution in [-0.2, 0) is 12.8 Å². The van der Waals surface area contributed by atoms with E-state index in [0.717, 1.165) is 30.8 Å². The van der Waals surface area contributed by atoms with Gasteiger partial charge in [-0.3, -0.25) is 0 Å². The third-order valence-corrected chi connectivity index (χ3v) is 3.75. The van der Waals surface area contributed by atoms with E-state index in [1.165, 1.54) is 11.1 Å². The molecule has 1 atom stereocenters. The van der Waals surface area contributed by atoms with Crippen molar-refractivity contribution >= 4 is 0 Å². The molecule has 2 rings (SSSR count). The Morgan fingerprint density at radius 3 is 2.21 bits per heavy atom. The topological polar surface area (TPSA) is 70.5 Å². The second-order valence-corrected chi connectivity index (χ2v) is 5.13. The minimum Gasteiger partial charge on any atom is -0.494 e. The second kappa shape index (κ2) is 5.80. The van der Waals surface area contributed by atoms with E-state index < -0.39 is 0 Å². The molecule has 0 spiro atoms. The summed E-state index contributed by atoms with van der Waals surface area (Å²) in [7, 11) is 0. The van der Waals surface area contributed by atoms with Gasteiger partial charge in [-0.25, -0.2) is 0 Å². The summed E-state index contributed by atoms with van der Waals surface area (Å²) in [4.78, 5) is 0. The maximum Gasteiger partial charge on any atom is 0.123 e. The highest BCUT2D eigenvalue weighted by Gasteiger charge is 2.32. The number of hydrogen-bond acceptors (Lipinski definition) is 4. The van der Waals surface area contributed by atoms with Gasteiger partial charge >= 0.3 is 0 Å². The minimum absolute atomic E-state index is 0.316. The van der Waals surface area contributed by atoms with Crippen LogP contribution in [0.4, 0.5) is 0 Å². The van der Waals surface area contributed by atoms with E-state index in [1.807, 2.05) is 26.0 Å². The second-order valence-electron chi connectivity index (χ2n) is 5.13. The molecule has 0 amide bonds. The van der Waals surface area contributed by atoms with E-state index in [1.54, 1.807) is 0 Å². The van der Waals surface area contributed by atoms with Gasteiger partial charge in [0.25, 0.3) is 0 Å². The summed E-state index contributed by atoms with van der Waals surface area (Å²) in [5.41, 5.74) is 14.3. The van der Waals surface area contributed by atoms with Crippen molar-refractivity contribution in [1.82, 2.24) is 0 Å². The molecule has 0 bridgehead atoms. The Kier molecular flexibility index (Phi) is 4.32. The molecule has 19 heavy (non-hydrogen) atoms. The molecule has 0 saturated heterocycles. The van der Waals surface area contributed by atoms with Crippen LogP contribution in [0.2, 0.25) is 0 Å². The van der Waals surface area contributed by atoms with E-state index in [4.69, 9.17) is 20.9 Å². The summed E-state index contributed by atoms with van der Waals surface area (Å²) in [6.45, 7) is 5.81. The fourth-order valence-electron chi connectivity index (χ4n) is 2.69. The molecule has 1 aromatic carbocycles. The van der Waals surface area contributed by atoms with Crippen LogP contribution in [0.5, 0.6) is 11.5 Å². The lowest BCUT2D eigenvalue weighted by molar-refractivity contribution is 0.306. The van der Waals surface area contributed by atoms with Crippen molar-refractivity contribution < 1.29 is 9.47 Å². The highest BCUT2D eigenvalue weighted by molar-refractivity contribution is 5.51. The molecular formula is C15H24N2O2. The van der Waals surface area contributed by atoms with E-state index in [2.05, 4.69) is 0 Å². The summed E-state index contributed by atoms with van der Waals surface area (Å²) in [6.07, 6.45) is 2.56. The fourth-order valence-corrected chi connectivity index (χ4v) is 2.69. The average molecular weight is 264 g/mol. The highest BCUT2D eigenvalue weighted by atomic mass is 16.5. The van der Waals surface area contributed by atoms with Gasteiger partial charge in [0.15, 0.2) is 0 Å². The van der Waals surface area contributed by atoms with Gasteiger partial charge in [-0.15, -0.1) is 0 Å². The first-order valence-electron chi connectivity index (χ1n) is 7.03. The van der Waals surface area contributed by atoms with Crippen LogP contribution >= 0.6 is 0 Å². The van der Waals surface area contributed by atoms with Crippen molar-refractivity contribution in [2.75, 3.05) is 19.8 Å². The molecule has 0 radical (unpaired) electrons. The third-order valence-electron chi connectivity index (χ3n) is 3.75. The predicted molar refractivity (Wildman–Crippen MR) is 76.8 cm³/mol. The van der Waals surface area contributed by atoms with Crippen molar-refractivity contribution in [3.8, 4) is 11.5 Å². The molecule has 0 fully saturated rings. The third kappa shape index (κ3) is 2.85. The van der Waals surface area contributed by atoms with Crippen LogP contribution in [0, 0.1) is 0 Å². The zero-order chi connectivity index (χ0) is 13.9. The summed E-state index contributed by atoms with van der Waals surface area (Å²) in [5.74, 6) is 1.88. The minimum atomic E-state index is -0.316. The quantitative estimate of drug-likeness (QED) is 0.848. The average Bonchev–Trinajstić information content (AvgIpc) is 2.42. The molecule has 106 valence electrons. The van der Waals surface area contributed by atoms with Gasteiger partial charge in [0.05, 0.1) is 13.2 Å². The monoisotopic (exact) mass is 264 g/mol. The van der Waals surface area contributed by atoms with Crippen LogP contribution < -0.4 is 20.9 Å². The van der Waals surface area contributed by atoms with E-state index >= 15 is 0 Å². The van der Waals surface area contributed by atoms with Crippen molar-refractivity contribution in [1.29, 1.82) is 0 Å². The first-order chi connectivity index (χ1) is 9.13. The van der Waals surface area contributed by atoms with Gasteiger partial charge in [-0.1, -0.05) is 0 Å². The normalized spacial score (nSPS) is 21.9. The lowest BCUT2D eigenvalue weighted by atomic mass is 9.78. The Hall–Kier alpha value is -1.26. The predicted octanol–water partition coefficient (Wildman–Crippen LogP) is 1.63. The summed E-state index contributed by atoms with van der Waals surface area (Å²) < 4.78 is 11.4. The van der Waals surface area contributed by atoms with Gasteiger partial charge in [0.1, 0.15) is 11.5 Å². The molecule has 0 saturated carbocycles. The Bertz CT molecular complexity index is 448. The Labute approximate surface area is 115 Å². The molecule has 0 heterocycles. The maximum absolute atomic E-state index is 6.34. The van der Waals surface area contributed by atoms with E-state index in [0.29, 0.717) is 19.8 Å². The first-order valence-corrected chi connectivity index (χ1v) is 7.03. The van der Waals surface area contributed by atoms with Crippen molar-refractivity contribution in [3.05, 3.63) is 23.3 Å². The molecule has 1 unspecified atom stereocenters. The summed E-state index contributed by atoms with van der Waals surface area (Å²) in [6, 6.07) is 3.98.